The molecule has 1 saturated heterocycles. The zero-order chi connectivity index (χ0) is 6.69. The van der Waals surface area contributed by atoms with Crippen LogP contribution >= 0.6 is 0 Å². The van der Waals surface area contributed by atoms with Gasteiger partial charge in [-0.1, -0.05) is 12.7 Å². The topological polar surface area (TPSA) is 3.24 Å². The van der Waals surface area contributed by atoms with E-state index in [1.54, 1.807) is 0 Å². The SMILES string of the molecule is C=C(/C=C\C)N1CCC1. The van der Waals surface area contributed by atoms with Crippen molar-refractivity contribution in [1.29, 1.82) is 0 Å². The summed E-state index contributed by atoms with van der Waals surface area (Å²) < 4.78 is 0. The average Bonchev–Trinajstić information content (AvgIpc) is 1.60. The van der Waals surface area contributed by atoms with Crippen molar-refractivity contribution in [3.63, 3.8) is 0 Å². The van der Waals surface area contributed by atoms with E-state index in [-0.39, 0.29) is 0 Å². The summed E-state index contributed by atoms with van der Waals surface area (Å²) in [5.74, 6) is 0. The van der Waals surface area contributed by atoms with Crippen LogP contribution in [-0.2, 0) is 0 Å². The highest BCUT2D eigenvalue weighted by Crippen LogP contribution is 2.12. The molecule has 0 bridgehead atoms. The summed E-state index contributed by atoms with van der Waals surface area (Å²) in [5, 5.41) is 0. The van der Waals surface area contributed by atoms with Gasteiger partial charge in [0.2, 0.25) is 0 Å². The second-order valence-electron chi connectivity index (χ2n) is 2.33. The minimum Gasteiger partial charge on any atom is -0.372 e. The molecular formula is C8H13N. The van der Waals surface area contributed by atoms with Crippen molar-refractivity contribution in [2.24, 2.45) is 0 Å². The molecule has 0 aromatic rings. The number of allylic oxidation sites excluding steroid dienone is 2. The molecule has 0 N–H and O–H groups in total. The summed E-state index contributed by atoms with van der Waals surface area (Å²) in [7, 11) is 0. The summed E-state index contributed by atoms with van der Waals surface area (Å²) in [6.45, 7) is 8.32. The van der Waals surface area contributed by atoms with Crippen molar-refractivity contribution >= 4 is 0 Å². The normalized spacial score (nSPS) is 18.1. The zero-order valence-corrected chi connectivity index (χ0v) is 5.93. The highest BCUT2D eigenvalue weighted by atomic mass is 15.2. The van der Waals surface area contributed by atoms with Gasteiger partial charge in [0.25, 0.3) is 0 Å². The maximum absolute atomic E-state index is 3.91. The van der Waals surface area contributed by atoms with Crippen LogP contribution < -0.4 is 0 Å². The van der Waals surface area contributed by atoms with Gasteiger partial charge in [0, 0.05) is 18.8 Å². The highest BCUT2D eigenvalue weighted by molar-refractivity contribution is 5.14. The Morgan fingerprint density at radius 2 is 2.22 bits per heavy atom. The van der Waals surface area contributed by atoms with Gasteiger partial charge in [-0.2, -0.15) is 0 Å². The van der Waals surface area contributed by atoms with Crippen molar-refractivity contribution in [1.82, 2.24) is 4.90 Å². The van der Waals surface area contributed by atoms with Gasteiger partial charge in [0.15, 0.2) is 0 Å². The fraction of sp³-hybridized carbons (Fsp3) is 0.500. The molecule has 1 rings (SSSR count). The van der Waals surface area contributed by atoms with E-state index < -0.39 is 0 Å². The Labute approximate surface area is 56.7 Å². The summed E-state index contributed by atoms with van der Waals surface area (Å²) in [6.07, 6.45) is 5.41. The van der Waals surface area contributed by atoms with Crippen molar-refractivity contribution in [2.75, 3.05) is 13.1 Å². The molecule has 9 heavy (non-hydrogen) atoms. The third-order valence-electron chi connectivity index (χ3n) is 1.62. The first-order valence-corrected chi connectivity index (χ1v) is 3.41. The monoisotopic (exact) mass is 123 g/mol. The Balaban J connectivity index is 2.32. The van der Waals surface area contributed by atoms with Crippen LogP contribution in [0.4, 0.5) is 0 Å². The van der Waals surface area contributed by atoms with E-state index in [0.29, 0.717) is 0 Å². The minimum absolute atomic E-state index is 1.16. The molecule has 1 fully saturated rings. The minimum atomic E-state index is 1.16. The van der Waals surface area contributed by atoms with E-state index in [4.69, 9.17) is 0 Å². The van der Waals surface area contributed by atoms with Crippen LogP contribution in [0.25, 0.3) is 0 Å². The molecule has 0 unspecified atom stereocenters. The molecule has 1 nitrogen and oxygen atoms in total. The maximum atomic E-state index is 3.91. The van der Waals surface area contributed by atoms with Gasteiger partial charge < -0.3 is 4.90 Å². The van der Waals surface area contributed by atoms with Crippen LogP contribution in [0.1, 0.15) is 13.3 Å². The Hall–Kier alpha value is -0.720. The lowest BCUT2D eigenvalue weighted by Gasteiger charge is -2.33. The number of likely N-dealkylation sites (tertiary alicyclic amines) is 1. The summed E-state index contributed by atoms with van der Waals surface area (Å²) in [5.41, 5.74) is 1.16. The standard InChI is InChI=1S/C8H13N/c1-3-5-8(2)9-6-4-7-9/h3,5H,2,4,6-7H2,1H3/b5-3-. The number of hydrogen-bond donors (Lipinski definition) is 0. The van der Waals surface area contributed by atoms with E-state index >= 15 is 0 Å². The Bertz CT molecular complexity index is 132. The molecule has 0 aliphatic carbocycles. The van der Waals surface area contributed by atoms with Crippen LogP contribution in [0.5, 0.6) is 0 Å². The lowest BCUT2D eigenvalue weighted by Crippen LogP contribution is -2.35. The van der Waals surface area contributed by atoms with Gasteiger partial charge in [-0.15, -0.1) is 0 Å². The largest absolute Gasteiger partial charge is 0.372 e. The van der Waals surface area contributed by atoms with Gasteiger partial charge in [-0.05, 0) is 19.4 Å². The van der Waals surface area contributed by atoms with E-state index in [2.05, 4.69) is 17.6 Å². The average molecular weight is 123 g/mol. The van der Waals surface area contributed by atoms with Gasteiger partial charge in [0.05, 0.1) is 0 Å². The fourth-order valence-corrected chi connectivity index (χ4v) is 0.901. The predicted octanol–water partition coefficient (Wildman–Crippen LogP) is 1.78. The third-order valence-corrected chi connectivity index (χ3v) is 1.62. The molecule has 0 spiro atoms. The lowest BCUT2D eigenvalue weighted by molar-refractivity contribution is 0.247. The fourth-order valence-electron chi connectivity index (χ4n) is 0.901. The summed E-state index contributed by atoms with van der Waals surface area (Å²) in [4.78, 5) is 2.28. The third kappa shape index (κ3) is 1.35. The number of rotatable bonds is 2. The van der Waals surface area contributed by atoms with Crippen LogP contribution in [0, 0.1) is 0 Å². The number of hydrogen-bond acceptors (Lipinski definition) is 1. The predicted molar refractivity (Wildman–Crippen MR) is 40.1 cm³/mol. The van der Waals surface area contributed by atoms with E-state index in [9.17, 15) is 0 Å². The summed E-state index contributed by atoms with van der Waals surface area (Å²) in [6, 6.07) is 0. The van der Waals surface area contributed by atoms with Crippen LogP contribution in [0.2, 0.25) is 0 Å². The molecule has 0 radical (unpaired) electrons. The van der Waals surface area contributed by atoms with E-state index in [1.807, 2.05) is 13.0 Å². The Morgan fingerprint density at radius 3 is 2.56 bits per heavy atom. The van der Waals surface area contributed by atoms with Gasteiger partial charge in [-0.3, -0.25) is 0 Å². The zero-order valence-electron chi connectivity index (χ0n) is 5.93. The maximum Gasteiger partial charge on any atom is 0.0289 e. The molecule has 0 atom stereocenters. The van der Waals surface area contributed by atoms with Crippen molar-refractivity contribution < 1.29 is 0 Å². The van der Waals surface area contributed by atoms with Gasteiger partial charge in [-0.25, -0.2) is 0 Å². The molecule has 50 valence electrons. The van der Waals surface area contributed by atoms with Crippen LogP contribution in [-0.4, -0.2) is 18.0 Å². The molecule has 1 aliphatic rings. The number of nitrogens with zero attached hydrogens (tertiary/aromatic N) is 1. The molecule has 0 aromatic carbocycles. The molecule has 1 heterocycles. The van der Waals surface area contributed by atoms with Gasteiger partial charge >= 0.3 is 0 Å². The Kier molecular flexibility index (Phi) is 1.93. The lowest BCUT2D eigenvalue weighted by atomic mass is 10.2. The first kappa shape index (κ1) is 6.40. The first-order chi connectivity index (χ1) is 4.34. The smallest absolute Gasteiger partial charge is 0.0289 e. The molecule has 0 saturated carbocycles. The van der Waals surface area contributed by atoms with Crippen LogP contribution in [0.3, 0.4) is 0 Å². The Morgan fingerprint density at radius 1 is 1.56 bits per heavy atom. The molecular weight excluding hydrogens is 110 g/mol. The first-order valence-electron chi connectivity index (χ1n) is 3.41. The van der Waals surface area contributed by atoms with Crippen molar-refractivity contribution in [2.45, 2.75) is 13.3 Å². The second kappa shape index (κ2) is 2.72. The van der Waals surface area contributed by atoms with Crippen LogP contribution in [0.15, 0.2) is 24.4 Å². The quantitative estimate of drug-likeness (QED) is 0.506. The molecule has 0 amide bonds. The molecule has 1 aliphatic heterocycles. The molecule has 0 aromatic heterocycles. The van der Waals surface area contributed by atoms with E-state index in [0.717, 1.165) is 5.70 Å². The summed E-state index contributed by atoms with van der Waals surface area (Å²) >= 11 is 0. The van der Waals surface area contributed by atoms with Crippen molar-refractivity contribution in [3.8, 4) is 0 Å². The second-order valence-corrected chi connectivity index (χ2v) is 2.33. The highest BCUT2D eigenvalue weighted by Gasteiger charge is 2.12. The van der Waals surface area contributed by atoms with Gasteiger partial charge in [0.1, 0.15) is 0 Å². The molecule has 1 heteroatoms. The van der Waals surface area contributed by atoms with E-state index in [1.165, 1.54) is 19.5 Å². The van der Waals surface area contributed by atoms with Crippen molar-refractivity contribution in [3.05, 3.63) is 24.4 Å².